The van der Waals surface area contributed by atoms with Crippen molar-refractivity contribution in [1.29, 1.82) is 0 Å². The summed E-state index contributed by atoms with van der Waals surface area (Å²) in [6, 6.07) is 3.23. The third-order valence-electron chi connectivity index (χ3n) is 4.01. The lowest BCUT2D eigenvalue weighted by molar-refractivity contribution is -0.138. The van der Waals surface area contributed by atoms with Crippen LogP contribution in [0.4, 0.5) is 0 Å². The summed E-state index contributed by atoms with van der Waals surface area (Å²) in [6.45, 7) is 8.21. The molecule has 0 aliphatic carbocycles. The van der Waals surface area contributed by atoms with Crippen LogP contribution < -0.4 is 5.73 Å². The molecule has 2 rings (SSSR count). The van der Waals surface area contributed by atoms with Gasteiger partial charge < -0.3 is 10.8 Å². The molecule has 25 heavy (non-hydrogen) atoms. The maximum absolute atomic E-state index is 12.5. The number of hydrogen-bond donors (Lipinski definition) is 2. The van der Waals surface area contributed by atoms with Crippen molar-refractivity contribution in [2.24, 2.45) is 5.73 Å². The van der Waals surface area contributed by atoms with Gasteiger partial charge in [0.2, 0.25) is 0 Å². The molecule has 3 N–H and O–H groups in total. The number of nitrogens with two attached hydrogens (primary N) is 1. The van der Waals surface area contributed by atoms with E-state index in [-0.39, 0.29) is 12.2 Å². The number of rotatable bonds is 7. The molecule has 0 amide bonds. The molecular weight excluding hydrogens is 358 g/mol. The Bertz CT molecular complexity index is 900. The number of fused-ring (bicyclic) bond motifs is 1. The third kappa shape index (κ3) is 4.90. The number of benzene rings is 1. The van der Waals surface area contributed by atoms with Crippen LogP contribution in [0.3, 0.4) is 0 Å². The maximum Gasteiger partial charge on any atom is 0.320 e. The number of carboxylic acids is 1. The zero-order valence-corrected chi connectivity index (χ0v) is 16.8. The largest absolute Gasteiger partial charge is 0.480 e. The number of aryl methyl sites for hydroxylation is 1. The molecule has 1 aromatic carbocycles. The van der Waals surface area contributed by atoms with E-state index in [4.69, 9.17) is 10.8 Å². The van der Waals surface area contributed by atoms with Gasteiger partial charge in [-0.25, -0.2) is 8.42 Å². The van der Waals surface area contributed by atoms with Crippen molar-refractivity contribution in [1.82, 2.24) is 9.19 Å². The van der Waals surface area contributed by atoms with Gasteiger partial charge in [0, 0.05) is 13.5 Å². The molecule has 1 aromatic heterocycles. The Morgan fingerprint density at radius 3 is 2.56 bits per heavy atom. The summed E-state index contributed by atoms with van der Waals surface area (Å²) in [6.07, 6.45) is 1.68. The monoisotopic (exact) mass is 383 g/mol. The number of carboxylic acid groups (broad SMARTS) is 1. The van der Waals surface area contributed by atoms with Crippen molar-refractivity contribution in [2.45, 2.75) is 45.1 Å². The van der Waals surface area contributed by atoms with Crippen LogP contribution in [0.15, 0.2) is 18.3 Å². The van der Waals surface area contributed by atoms with Gasteiger partial charge >= 0.3 is 5.97 Å². The van der Waals surface area contributed by atoms with E-state index < -0.39 is 30.1 Å². The summed E-state index contributed by atoms with van der Waals surface area (Å²) < 4.78 is 26.1. The molecule has 9 heteroatoms. The topological polar surface area (TPSA) is 115 Å². The summed E-state index contributed by atoms with van der Waals surface area (Å²) in [7, 11) is -4.98. The number of aromatic nitrogens is 2. The Morgan fingerprint density at radius 1 is 1.36 bits per heavy atom. The smallest absolute Gasteiger partial charge is 0.320 e. The molecule has 0 saturated heterocycles. The van der Waals surface area contributed by atoms with E-state index in [1.807, 2.05) is 6.92 Å². The van der Waals surface area contributed by atoms with Crippen LogP contribution in [0.1, 0.15) is 11.1 Å². The van der Waals surface area contributed by atoms with Crippen molar-refractivity contribution in [2.75, 3.05) is 5.75 Å². The lowest BCUT2D eigenvalue weighted by Gasteiger charge is -2.15. The van der Waals surface area contributed by atoms with Gasteiger partial charge in [-0.3, -0.25) is 4.79 Å². The van der Waals surface area contributed by atoms with E-state index in [1.165, 1.54) is 6.20 Å². The van der Waals surface area contributed by atoms with Gasteiger partial charge in [0.25, 0.3) is 10.0 Å². The van der Waals surface area contributed by atoms with Gasteiger partial charge in [0.1, 0.15) is 6.04 Å². The summed E-state index contributed by atoms with van der Waals surface area (Å²) in [5.74, 6) is -0.991. The highest BCUT2D eigenvalue weighted by molar-refractivity contribution is 7.89. The number of carbonyl (C=O) groups is 1. The highest BCUT2D eigenvalue weighted by Crippen LogP contribution is 2.22. The van der Waals surface area contributed by atoms with Gasteiger partial charge in [-0.15, -0.1) is 0 Å². The summed E-state index contributed by atoms with van der Waals surface area (Å²) >= 11 is 0. The second-order valence-electron chi connectivity index (χ2n) is 7.63. The predicted molar refractivity (Wildman–Crippen MR) is 101 cm³/mol. The van der Waals surface area contributed by atoms with Crippen LogP contribution in [0.25, 0.3) is 10.9 Å². The van der Waals surface area contributed by atoms with E-state index in [0.29, 0.717) is 16.9 Å². The molecule has 0 spiro atoms. The van der Waals surface area contributed by atoms with Crippen molar-refractivity contribution in [3.8, 4) is 0 Å². The van der Waals surface area contributed by atoms with Gasteiger partial charge in [-0.2, -0.15) is 9.19 Å². The zero-order valence-electron chi connectivity index (χ0n) is 15.0. The van der Waals surface area contributed by atoms with Gasteiger partial charge in [-0.1, -0.05) is 25.7 Å². The molecule has 0 aliphatic rings. The lowest BCUT2D eigenvalue weighted by atomic mass is 10.0. The Labute approximate surface area is 148 Å². The molecule has 1 atom stereocenters. The molecule has 1 heterocycles. The predicted octanol–water partition coefficient (Wildman–Crippen LogP) is 1.82. The minimum atomic E-state index is -3.50. The van der Waals surface area contributed by atoms with E-state index in [1.54, 1.807) is 12.1 Å². The normalized spacial score (nSPS) is 14.0. The second-order valence-corrected chi connectivity index (χ2v) is 15.2. The van der Waals surface area contributed by atoms with E-state index in [2.05, 4.69) is 24.7 Å². The van der Waals surface area contributed by atoms with E-state index >= 15 is 0 Å². The highest BCUT2D eigenvalue weighted by Gasteiger charge is 2.22. The Hall–Kier alpha value is -1.71. The Balaban J connectivity index is 2.36. The second kappa shape index (κ2) is 6.89. The highest BCUT2D eigenvalue weighted by atomic mass is 32.2. The average Bonchev–Trinajstić information content (AvgIpc) is 2.90. The molecule has 0 bridgehead atoms. The molecule has 7 nitrogen and oxygen atoms in total. The zero-order chi connectivity index (χ0) is 19.0. The van der Waals surface area contributed by atoms with Crippen molar-refractivity contribution >= 4 is 35.0 Å². The summed E-state index contributed by atoms with van der Waals surface area (Å²) in [4.78, 5) is 10.9. The molecule has 2 aromatic rings. The fourth-order valence-electron chi connectivity index (χ4n) is 2.50. The number of aliphatic carboxylic acids is 1. The minimum Gasteiger partial charge on any atom is -0.480 e. The molecule has 0 fully saturated rings. The van der Waals surface area contributed by atoms with Gasteiger partial charge in [0.05, 0.1) is 17.5 Å². The van der Waals surface area contributed by atoms with Crippen LogP contribution in [0.5, 0.6) is 0 Å². The molecule has 0 saturated carbocycles. The van der Waals surface area contributed by atoms with Crippen molar-refractivity contribution in [3.63, 3.8) is 0 Å². The summed E-state index contributed by atoms with van der Waals surface area (Å²) in [5.41, 5.74) is 7.73. The van der Waals surface area contributed by atoms with E-state index in [0.717, 1.165) is 15.2 Å². The Kier molecular flexibility index (Phi) is 5.40. The first kappa shape index (κ1) is 19.6. The lowest BCUT2D eigenvalue weighted by Crippen LogP contribution is -2.32. The maximum atomic E-state index is 12.5. The van der Waals surface area contributed by atoms with Crippen molar-refractivity contribution < 1.29 is 18.3 Å². The molecule has 138 valence electrons. The minimum absolute atomic E-state index is 0.0759. The summed E-state index contributed by atoms with van der Waals surface area (Å²) in [5, 5.41) is 13.9. The quantitative estimate of drug-likeness (QED) is 0.705. The van der Waals surface area contributed by atoms with E-state index in [9.17, 15) is 13.2 Å². The first-order chi connectivity index (χ1) is 11.4. The van der Waals surface area contributed by atoms with Gasteiger partial charge in [0.15, 0.2) is 0 Å². The molecule has 0 unspecified atom stereocenters. The fraction of sp³-hybridized carbons (Fsp3) is 0.500. The van der Waals surface area contributed by atoms with Crippen LogP contribution in [0.2, 0.25) is 25.7 Å². The van der Waals surface area contributed by atoms with Crippen LogP contribution in [0, 0.1) is 6.92 Å². The average molecular weight is 384 g/mol. The Morgan fingerprint density at radius 2 is 2.00 bits per heavy atom. The number of nitrogens with zero attached hydrogens (tertiary/aromatic N) is 2. The third-order valence-corrected chi connectivity index (χ3v) is 7.60. The fourth-order valence-corrected chi connectivity index (χ4v) is 6.64. The number of hydrogen-bond acceptors (Lipinski definition) is 5. The van der Waals surface area contributed by atoms with Gasteiger partial charge in [-0.05, 0) is 36.6 Å². The van der Waals surface area contributed by atoms with Crippen LogP contribution >= 0.6 is 0 Å². The SMILES string of the molecule is Cc1cc(C[C@@H](N)C(=O)O)cc2cn(S(=O)(=O)CC[Si](C)(C)C)nc12. The van der Waals surface area contributed by atoms with Crippen LogP contribution in [-0.4, -0.2) is 48.5 Å². The molecule has 0 radical (unpaired) electrons. The van der Waals surface area contributed by atoms with Crippen LogP contribution in [-0.2, 0) is 21.2 Å². The standard InChI is InChI=1S/C16H25N3O4SSi/c1-11-7-12(9-14(17)16(20)21)8-13-10-19(18-15(11)13)24(22,23)5-6-25(2,3)4/h7-8,10,14H,5-6,9,17H2,1-4H3,(H,20,21)/t14-/m1/s1. The first-order valence-electron chi connectivity index (χ1n) is 8.09. The molecule has 0 aliphatic heterocycles. The first-order valence-corrected chi connectivity index (χ1v) is 13.4. The molecular formula is C16H25N3O4SSi. The van der Waals surface area contributed by atoms with Crippen molar-refractivity contribution in [3.05, 3.63) is 29.5 Å².